The highest BCUT2D eigenvalue weighted by molar-refractivity contribution is 6.03. The van der Waals surface area contributed by atoms with Crippen LogP contribution in [0.1, 0.15) is 95.6 Å². The van der Waals surface area contributed by atoms with E-state index in [1.807, 2.05) is 31.2 Å². The van der Waals surface area contributed by atoms with Crippen LogP contribution in [0.3, 0.4) is 0 Å². The summed E-state index contributed by atoms with van der Waals surface area (Å²) < 4.78 is 0. The summed E-state index contributed by atoms with van der Waals surface area (Å²) in [5.41, 5.74) is 5.53. The maximum Gasteiger partial charge on any atom is 0.144 e. The first kappa shape index (κ1) is 26.5. The van der Waals surface area contributed by atoms with Gasteiger partial charge in [0.25, 0.3) is 0 Å². The summed E-state index contributed by atoms with van der Waals surface area (Å²) in [4.78, 5) is 13.3. The van der Waals surface area contributed by atoms with Crippen molar-refractivity contribution in [2.45, 2.75) is 102 Å². The van der Waals surface area contributed by atoms with Crippen LogP contribution in [0.15, 0.2) is 53.9 Å². The number of ketones is 1. The van der Waals surface area contributed by atoms with Crippen molar-refractivity contribution in [1.82, 2.24) is 10.6 Å². The average Bonchev–Trinajstić information content (AvgIpc) is 2.89. The number of carbonyl (C=O) groups excluding carboxylic acids is 1. The van der Waals surface area contributed by atoms with E-state index in [-0.39, 0.29) is 17.5 Å². The van der Waals surface area contributed by atoms with Gasteiger partial charge in [-0.05, 0) is 85.4 Å². The Morgan fingerprint density at radius 2 is 1.87 bits per heavy atom. The zero-order chi connectivity index (χ0) is 26.7. The van der Waals surface area contributed by atoms with Gasteiger partial charge in [-0.3, -0.25) is 4.79 Å². The molecule has 3 fully saturated rings. The lowest BCUT2D eigenvalue weighted by molar-refractivity contribution is -0.125. The number of allylic oxidation sites excluding steroid dienone is 1. The molecule has 3 saturated carbocycles. The fourth-order valence-corrected chi connectivity index (χ4v) is 6.38. The van der Waals surface area contributed by atoms with E-state index in [0.29, 0.717) is 31.1 Å². The third-order valence-electron chi connectivity index (χ3n) is 9.20. The van der Waals surface area contributed by atoms with Crippen molar-refractivity contribution in [2.24, 2.45) is 5.92 Å². The molecule has 38 heavy (non-hydrogen) atoms. The quantitative estimate of drug-likeness (QED) is 0.302. The van der Waals surface area contributed by atoms with Crippen LogP contribution in [0.5, 0.6) is 5.75 Å². The lowest BCUT2D eigenvalue weighted by Gasteiger charge is -2.37. The van der Waals surface area contributed by atoms with Crippen LogP contribution in [-0.2, 0) is 16.8 Å². The molecule has 2 unspecified atom stereocenters. The van der Waals surface area contributed by atoms with Crippen molar-refractivity contribution in [3.63, 3.8) is 0 Å². The van der Waals surface area contributed by atoms with Crippen molar-refractivity contribution < 1.29 is 9.90 Å². The third-order valence-corrected chi connectivity index (χ3v) is 9.20. The normalized spacial score (nSPS) is 24.2. The molecule has 0 aliphatic heterocycles. The smallest absolute Gasteiger partial charge is 0.144 e. The summed E-state index contributed by atoms with van der Waals surface area (Å²) in [6, 6.07) is 14.3. The van der Waals surface area contributed by atoms with Crippen molar-refractivity contribution in [2.75, 3.05) is 0 Å². The summed E-state index contributed by atoms with van der Waals surface area (Å²) >= 11 is 0. The highest BCUT2D eigenvalue weighted by Crippen LogP contribution is 2.40. The number of phenolic OH excluding ortho intramolecular Hbond substituents is 1. The molecule has 2 atom stereocenters. The average molecular weight is 514 g/mol. The Morgan fingerprint density at radius 3 is 2.58 bits per heavy atom. The molecule has 0 bridgehead atoms. The van der Waals surface area contributed by atoms with Gasteiger partial charge in [0.05, 0.1) is 11.2 Å². The van der Waals surface area contributed by atoms with Gasteiger partial charge in [-0.15, -0.1) is 0 Å². The number of carbonyl (C=O) groups is 1. The SMILES string of the molecule is CCC1CC(=O)C(C)(c2cccc(-c3cc(O)ccc3CNC(NC3CCCCC3)=C3CCC3)c2)CC1=N. The zero-order valence-electron chi connectivity index (χ0n) is 23.0. The molecule has 0 spiro atoms. The maximum absolute atomic E-state index is 13.3. The molecule has 5 nitrogen and oxygen atoms in total. The van der Waals surface area contributed by atoms with E-state index in [4.69, 9.17) is 5.41 Å². The number of benzene rings is 2. The lowest BCUT2D eigenvalue weighted by atomic mass is 9.65. The summed E-state index contributed by atoms with van der Waals surface area (Å²) in [7, 11) is 0. The molecule has 5 heteroatoms. The van der Waals surface area contributed by atoms with Crippen LogP contribution in [0.2, 0.25) is 0 Å². The van der Waals surface area contributed by atoms with Crippen molar-refractivity contribution in [1.29, 1.82) is 5.41 Å². The molecule has 3 aliphatic carbocycles. The maximum atomic E-state index is 13.3. The number of hydrogen-bond acceptors (Lipinski definition) is 5. The fourth-order valence-electron chi connectivity index (χ4n) is 6.38. The first-order valence-corrected chi connectivity index (χ1v) is 14.6. The molecule has 0 radical (unpaired) electrons. The standard InChI is InChI=1S/C33H43N3O2/c1-3-22-18-31(38)33(2,20-30(22)34)26-12-8-11-24(17-26)29-19-28(37)16-15-25(29)21-35-32(23-9-7-10-23)36-27-13-5-4-6-14-27/h8,11-12,15-17,19,22,27,34-37H,3-7,9-10,13-14,18,20-21H2,1-2H3. The van der Waals surface area contributed by atoms with Crippen molar-refractivity contribution in [3.05, 3.63) is 65.0 Å². The Morgan fingerprint density at radius 1 is 1.08 bits per heavy atom. The minimum Gasteiger partial charge on any atom is -0.508 e. The van der Waals surface area contributed by atoms with Gasteiger partial charge in [0, 0.05) is 37.1 Å². The van der Waals surface area contributed by atoms with E-state index in [9.17, 15) is 9.90 Å². The lowest BCUT2D eigenvalue weighted by Crippen LogP contribution is -2.43. The van der Waals surface area contributed by atoms with E-state index in [1.54, 1.807) is 6.07 Å². The number of hydrogen-bond donors (Lipinski definition) is 4. The second-order valence-electron chi connectivity index (χ2n) is 11.9. The molecule has 202 valence electrons. The summed E-state index contributed by atoms with van der Waals surface area (Å²) in [6.45, 7) is 4.72. The Kier molecular flexibility index (Phi) is 7.92. The van der Waals surface area contributed by atoms with Gasteiger partial charge < -0.3 is 21.1 Å². The molecule has 2 aromatic rings. The molecule has 0 amide bonds. The van der Waals surface area contributed by atoms with Gasteiger partial charge in [0.1, 0.15) is 11.5 Å². The number of phenols is 1. The molecule has 0 heterocycles. The van der Waals surface area contributed by atoms with Crippen molar-refractivity contribution >= 4 is 11.5 Å². The molecule has 0 saturated heterocycles. The van der Waals surface area contributed by atoms with Crippen LogP contribution >= 0.6 is 0 Å². The van der Waals surface area contributed by atoms with Crippen LogP contribution < -0.4 is 10.6 Å². The first-order valence-electron chi connectivity index (χ1n) is 14.6. The van der Waals surface area contributed by atoms with E-state index >= 15 is 0 Å². The van der Waals surface area contributed by atoms with Gasteiger partial charge in [-0.25, -0.2) is 0 Å². The molecule has 0 aromatic heterocycles. The molecule has 4 N–H and O–H groups in total. The predicted molar refractivity (Wildman–Crippen MR) is 154 cm³/mol. The van der Waals surface area contributed by atoms with E-state index < -0.39 is 5.41 Å². The summed E-state index contributed by atoms with van der Waals surface area (Å²) in [5, 5.41) is 26.5. The van der Waals surface area contributed by atoms with E-state index in [1.165, 1.54) is 49.9 Å². The van der Waals surface area contributed by atoms with Gasteiger partial charge in [-0.2, -0.15) is 0 Å². The van der Waals surface area contributed by atoms with Gasteiger partial charge in [0.2, 0.25) is 0 Å². The minimum atomic E-state index is -0.681. The summed E-state index contributed by atoms with van der Waals surface area (Å²) in [6.07, 6.45) is 11.8. The number of rotatable bonds is 8. The highest BCUT2D eigenvalue weighted by Gasteiger charge is 2.42. The summed E-state index contributed by atoms with van der Waals surface area (Å²) in [5.74, 6) is 1.74. The first-order chi connectivity index (χ1) is 18.4. The highest BCUT2D eigenvalue weighted by atomic mass is 16.3. The largest absolute Gasteiger partial charge is 0.508 e. The minimum absolute atomic E-state index is 0.0729. The van der Waals surface area contributed by atoms with Gasteiger partial charge >= 0.3 is 0 Å². The molecule has 5 rings (SSSR count). The number of Topliss-reactive ketones (excluding diaryl/α,β-unsaturated/α-hetero) is 1. The Bertz CT molecular complexity index is 1220. The fraction of sp³-hybridized carbons (Fsp3) is 0.515. The van der Waals surface area contributed by atoms with Crippen LogP contribution in [0, 0.1) is 11.3 Å². The monoisotopic (exact) mass is 513 g/mol. The van der Waals surface area contributed by atoms with Gasteiger partial charge in [0.15, 0.2) is 0 Å². The number of nitrogens with one attached hydrogen (secondary N) is 3. The predicted octanol–water partition coefficient (Wildman–Crippen LogP) is 7.13. The van der Waals surface area contributed by atoms with Crippen LogP contribution in [-0.4, -0.2) is 22.6 Å². The zero-order valence-corrected chi connectivity index (χ0v) is 23.0. The topological polar surface area (TPSA) is 85.2 Å². The van der Waals surface area contributed by atoms with Crippen LogP contribution in [0.4, 0.5) is 0 Å². The molecular weight excluding hydrogens is 470 g/mol. The van der Waals surface area contributed by atoms with Gasteiger partial charge in [-0.1, -0.05) is 56.5 Å². The third kappa shape index (κ3) is 5.52. The molecule has 3 aliphatic rings. The Balaban J connectivity index is 1.40. The molecule has 2 aromatic carbocycles. The molecular formula is C33H43N3O2. The second kappa shape index (κ2) is 11.3. The van der Waals surface area contributed by atoms with Crippen molar-refractivity contribution in [3.8, 4) is 16.9 Å². The van der Waals surface area contributed by atoms with E-state index in [2.05, 4.69) is 29.7 Å². The van der Waals surface area contributed by atoms with E-state index in [0.717, 1.165) is 41.5 Å². The number of aromatic hydroxyl groups is 1. The second-order valence-corrected chi connectivity index (χ2v) is 11.9. The van der Waals surface area contributed by atoms with Crippen LogP contribution in [0.25, 0.3) is 11.1 Å². The Hall–Kier alpha value is -3.08. The Labute approximate surface area is 227 Å².